The lowest BCUT2D eigenvalue weighted by molar-refractivity contribution is -0.144. The molecule has 0 bridgehead atoms. The monoisotopic (exact) mass is 414 g/mol. The van der Waals surface area contributed by atoms with Crippen molar-refractivity contribution in [2.75, 3.05) is 6.54 Å². The van der Waals surface area contributed by atoms with Gasteiger partial charge in [-0.15, -0.1) is 0 Å². The largest absolute Gasteiger partial charge is 0.432 e. The molecule has 0 unspecified atom stereocenters. The minimum atomic E-state index is -1.06. The highest BCUT2D eigenvalue weighted by Gasteiger charge is 2.58. The first-order valence-corrected chi connectivity index (χ1v) is 9.86. The summed E-state index contributed by atoms with van der Waals surface area (Å²) in [6.07, 6.45) is 2.30. The molecule has 2 fully saturated rings. The van der Waals surface area contributed by atoms with Gasteiger partial charge in [0, 0.05) is 38.4 Å². The van der Waals surface area contributed by atoms with Crippen molar-refractivity contribution in [2.24, 2.45) is 13.0 Å². The summed E-state index contributed by atoms with van der Waals surface area (Å²) < 4.78 is 6.92. The van der Waals surface area contributed by atoms with Gasteiger partial charge in [-0.25, -0.2) is 4.79 Å². The van der Waals surface area contributed by atoms with Crippen molar-refractivity contribution in [3.8, 4) is 0 Å². The van der Waals surface area contributed by atoms with Gasteiger partial charge in [-0.2, -0.15) is 5.10 Å². The van der Waals surface area contributed by atoms with E-state index in [2.05, 4.69) is 10.4 Å². The maximum Gasteiger partial charge on any atom is 0.415 e. The van der Waals surface area contributed by atoms with E-state index in [1.807, 2.05) is 36.2 Å². The Bertz CT molecular complexity index is 1020. The van der Waals surface area contributed by atoms with Crippen LogP contribution >= 0.6 is 11.6 Å². The Morgan fingerprint density at radius 1 is 1.28 bits per heavy atom. The highest BCUT2D eigenvalue weighted by molar-refractivity contribution is 6.31. The second-order valence-corrected chi connectivity index (χ2v) is 8.35. The first kappa shape index (κ1) is 18.2. The van der Waals surface area contributed by atoms with Gasteiger partial charge < -0.3 is 9.64 Å². The van der Waals surface area contributed by atoms with Crippen molar-refractivity contribution in [3.63, 3.8) is 0 Å². The fourth-order valence-electron chi connectivity index (χ4n) is 4.73. The smallest absolute Gasteiger partial charge is 0.415 e. The summed E-state index contributed by atoms with van der Waals surface area (Å²) in [6.45, 7) is 0.486. The van der Waals surface area contributed by atoms with Gasteiger partial charge in [-0.05, 0) is 17.5 Å². The maximum absolute atomic E-state index is 13.1. The number of nitrogens with zero attached hydrogens (tertiary/aromatic N) is 3. The number of aromatic nitrogens is 2. The molecule has 1 aromatic heterocycles. The van der Waals surface area contributed by atoms with Gasteiger partial charge in [-0.1, -0.05) is 29.8 Å². The lowest BCUT2D eigenvalue weighted by atomic mass is 9.70. The Hall–Kier alpha value is -2.87. The van der Waals surface area contributed by atoms with E-state index in [1.165, 1.54) is 0 Å². The predicted octanol–water partition coefficient (Wildman–Crippen LogP) is 2.23. The minimum absolute atomic E-state index is 0.0299. The maximum atomic E-state index is 13.1. The molecule has 1 aliphatic carbocycles. The number of amides is 3. The molecule has 150 valence electrons. The third kappa shape index (κ3) is 2.73. The lowest BCUT2D eigenvalue weighted by Crippen LogP contribution is -2.53. The third-order valence-corrected chi connectivity index (χ3v) is 6.51. The van der Waals surface area contributed by atoms with Gasteiger partial charge >= 0.3 is 6.09 Å². The molecule has 2 aromatic rings. The van der Waals surface area contributed by atoms with E-state index < -0.39 is 11.7 Å². The van der Waals surface area contributed by atoms with Gasteiger partial charge in [0.25, 0.3) is 11.8 Å². The number of rotatable bonds is 4. The number of imide groups is 1. The second-order valence-electron chi connectivity index (χ2n) is 7.94. The quantitative estimate of drug-likeness (QED) is 0.828. The summed E-state index contributed by atoms with van der Waals surface area (Å²) in [6, 6.07) is 7.42. The SMILES string of the molecule is Cn1ncc(Cl)c1C[C@@H]1c2ccccc2C(=O)N1CC1CC2(C1)OC(=O)NC2=O. The molecule has 3 aliphatic rings. The summed E-state index contributed by atoms with van der Waals surface area (Å²) in [4.78, 5) is 38.3. The molecule has 29 heavy (non-hydrogen) atoms. The van der Waals surface area contributed by atoms with E-state index in [0.29, 0.717) is 36.4 Å². The minimum Gasteiger partial charge on any atom is -0.432 e. The Labute approximate surface area is 171 Å². The number of hydrogen-bond acceptors (Lipinski definition) is 5. The van der Waals surface area contributed by atoms with Crippen LogP contribution in [0, 0.1) is 5.92 Å². The van der Waals surface area contributed by atoms with Gasteiger partial charge in [0.05, 0.1) is 23.0 Å². The zero-order chi connectivity index (χ0) is 20.3. The molecule has 1 saturated carbocycles. The van der Waals surface area contributed by atoms with Crippen LogP contribution in [0.5, 0.6) is 0 Å². The zero-order valence-corrected chi connectivity index (χ0v) is 16.5. The molecular weight excluding hydrogens is 396 g/mol. The molecule has 2 aliphatic heterocycles. The van der Waals surface area contributed by atoms with Crippen LogP contribution in [0.4, 0.5) is 4.79 Å². The fourth-order valence-corrected chi connectivity index (χ4v) is 4.97. The average molecular weight is 415 g/mol. The molecule has 8 nitrogen and oxygen atoms in total. The van der Waals surface area contributed by atoms with E-state index >= 15 is 0 Å². The molecule has 0 radical (unpaired) electrons. The van der Waals surface area contributed by atoms with Crippen molar-refractivity contribution in [2.45, 2.75) is 30.9 Å². The molecule has 1 aromatic carbocycles. The Kier molecular flexibility index (Phi) is 3.96. The first-order valence-electron chi connectivity index (χ1n) is 9.49. The van der Waals surface area contributed by atoms with Gasteiger partial charge in [0.15, 0.2) is 5.60 Å². The molecule has 3 heterocycles. The van der Waals surface area contributed by atoms with Crippen LogP contribution in [-0.2, 0) is 23.0 Å². The standard InChI is InChI=1S/C20H19ClN4O4/c1-24-16(14(21)9-22-24)6-15-12-4-2-3-5-13(12)17(26)25(15)10-11-7-20(8-11)18(27)23-19(28)29-20/h2-5,9,11,15H,6-8,10H2,1H3,(H,23,27,28)/t11?,15-,20?/m1/s1. The molecule has 9 heteroatoms. The number of hydrogen-bond donors (Lipinski definition) is 1. The Balaban J connectivity index is 1.39. The molecular formula is C20H19ClN4O4. The number of alkyl carbamates (subject to hydrolysis) is 1. The van der Waals surface area contributed by atoms with Crippen molar-refractivity contribution < 1.29 is 19.1 Å². The van der Waals surface area contributed by atoms with E-state index in [0.717, 1.165) is 11.3 Å². The summed E-state index contributed by atoms with van der Waals surface area (Å²) in [7, 11) is 1.83. The molecule has 1 saturated heterocycles. The number of nitrogens with one attached hydrogen (secondary N) is 1. The fraction of sp³-hybridized carbons (Fsp3) is 0.400. The van der Waals surface area contributed by atoms with Gasteiger partial charge in [-0.3, -0.25) is 19.6 Å². The molecule has 5 rings (SSSR count). The summed E-state index contributed by atoms with van der Waals surface area (Å²) >= 11 is 6.31. The van der Waals surface area contributed by atoms with Gasteiger partial charge in [0.1, 0.15) is 0 Å². The van der Waals surface area contributed by atoms with Crippen LogP contribution < -0.4 is 5.32 Å². The van der Waals surface area contributed by atoms with Crippen LogP contribution in [0.15, 0.2) is 30.5 Å². The van der Waals surface area contributed by atoms with E-state index in [9.17, 15) is 14.4 Å². The number of carbonyl (C=O) groups excluding carboxylic acids is 3. The van der Waals surface area contributed by atoms with Crippen LogP contribution in [0.25, 0.3) is 0 Å². The van der Waals surface area contributed by atoms with Crippen molar-refractivity contribution in [1.82, 2.24) is 20.0 Å². The summed E-state index contributed by atoms with van der Waals surface area (Å²) in [5.74, 6) is -0.333. The van der Waals surface area contributed by atoms with E-state index in [-0.39, 0.29) is 23.8 Å². The second kappa shape index (κ2) is 6.32. The predicted molar refractivity (Wildman–Crippen MR) is 102 cm³/mol. The number of fused-ring (bicyclic) bond motifs is 1. The van der Waals surface area contributed by atoms with Crippen LogP contribution in [0.3, 0.4) is 0 Å². The number of benzene rings is 1. The third-order valence-electron chi connectivity index (χ3n) is 6.19. The van der Waals surface area contributed by atoms with Crippen LogP contribution in [0.2, 0.25) is 5.02 Å². The van der Waals surface area contributed by atoms with E-state index in [1.54, 1.807) is 10.9 Å². The average Bonchev–Trinajstić information content (AvgIpc) is 3.24. The number of carbonyl (C=O) groups is 3. The van der Waals surface area contributed by atoms with Crippen LogP contribution in [0.1, 0.15) is 40.5 Å². The number of halogens is 1. The van der Waals surface area contributed by atoms with E-state index in [4.69, 9.17) is 16.3 Å². The first-order chi connectivity index (χ1) is 13.9. The normalized spacial score (nSPS) is 27.8. The van der Waals surface area contributed by atoms with Gasteiger partial charge in [0.2, 0.25) is 0 Å². The number of aryl methyl sites for hydroxylation is 1. The van der Waals surface area contributed by atoms with Crippen molar-refractivity contribution in [1.29, 1.82) is 0 Å². The summed E-state index contributed by atoms with van der Waals surface area (Å²) in [5.41, 5.74) is 1.46. The van der Waals surface area contributed by atoms with Crippen LogP contribution in [-0.4, -0.2) is 44.7 Å². The highest BCUT2D eigenvalue weighted by Crippen LogP contribution is 2.46. The topological polar surface area (TPSA) is 93.5 Å². The Morgan fingerprint density at radius 3 is 2.69 bits per heavy atom. The molecule has 1 atom stereocenters. The van der Waals surface area contributed by atoms with Crippen molar-refractivity contribution in [3.05, 3.63) is 52.3 Å². The highest BCUT2D eigenvalue weighted by atomic mass is 35.5. The van der Waals surface area contributed by atoms with Crippen molar-refractivity contribution >= 4 is 29.5 Å². The Morgan fingerprint density at radius 2 is 2.03 bits per heavy atom. The zero-order valence-electron chi connectivity index (χ0n) is 15.7. The molecule has 1 spiro atoms. The molecule has 1 N–H and O–H groups in total. The lowest BCUT2D eigenvalue weighted by Gasteiger charge is -2.43. The number of ether oxygens (including phenoxy) is 1. The molecule has 3 amide bonds. The summed E-state index contributed by atoms with van der Waals surface area (Å²) in [5, 5.41) is 6.96.